The summed E-state index contributed by atoms with van der Waals surface area (Å²) in [5.74, 6) is 1.09. The van der Waals surface area contributed by atoms with E-state index in [0.29, 0.717) is 0 Å². The molecule has 2 nitrogen and oxygen atoms in total. The largest absolute Gasteiger partial charge is 0.462 e. The van der Waals surface area contributed by atoms with Crippen LogP contribution in [0.4, 0.5) is 0 Å². The predicted molar refractivity (Wildman–Crippen MR) is 113 cm³/mol. The maximum absolute atomic E-state index is 13.8. The van der Waals surface area contributed by atoms with Crippen molar-refractivity contribution in [1.29, 1.82) is 0 Å². The minimum absolute atomic E-state index is 0.165. The Labute approximate surface area is 168 Å². The van der Waals surface area contributed by atoms with Crippen LogP contribution in [-0.2, 0) is 9.53 Å². The highest BCUT2D eigenvalue weighted by molar-refractivity contribution is 5.78. The van der Waals surface area contributed by atoms with Crippen LogP contribution in [0, 0.1) is 16.7 Å². The van der Waals surface area contributed by atoms with Crippen LogP contribution in [0.5, 0.6) is 0 Å². The van der Waals surface area contributed by atoms with Gasteiger partial charge in [0, 0.05) is 0 Å². The Morgan fingerprint density at radius 2 is 1.41 bits per heavy atom. The Kier molecular flexibility index (Phi) is 7.68. The molecule has 0 spiro atoms. The van der Waals surface area contributed by atoms with Crippen molar-refractivity contribution in [3.05, 3.63) is 0 Å². The summed E-state index contributed by atoms with van der Waals surface area (Å²) in [7, 11) is 0. The molecule has 3 aliphatic rings. The van der Waals surface area contributed by atoms with Gasteiger partial charge in [0.05, 0.1) is 5.41 Å². The fraction of sp³-hybridized carbons (Fsp3) is 0.960. The quantitative estimate of drug-likeness (QED) is 0.428. The molecular weight excluding hydrogens is 332 g/mol. The van der Waals surface area contributed by atoms with Crippen LogP contribution < -0.4 is 0 Å². The van der Waals surface area contributed by atoms with Gasteiger partial charge in [0.15, 0.2) is 0 Å². The lowest BCUT2D eigenvalue weighted by Crippen LogP contribution is -2.51. The second kappa shape index (κ2) is 9.79. The normalized spacial score (nSPS) is 30.6. The van der Waals surface area contributed by atoms with Crippen LogP contribution in [-0.4, -0.2) is 12.1 Å². The molecule has 2 heteroatoms. The molecule has 3 fully saturated rings. The third kappa shape index (κ3) is 4.56. The van der Waals surface area contributed by atoms with E-state index in [0.717, 1.165) is 31.6 Å². The average molecular weight is 377 g/mol. The Morgan fingerprint density at radius 1 is 0.815 bits per heavy atom. The van der Waals surface area contributed by atoms with E-state index in [1.54, 1.807) is 0 Å². The summed E-state index contributed by atoms with van der Waals surface area (Å²) < 4.78 is 6.35. The van der Waals surface area contributed by atoms with Gasteiger partial charge in [-0.05, 0) is 69.1 Å². The Hall–Kier alpha value is -0.530. The molecule has 0 unspecified atom stereocenters. The van der Waals surface area contributed by atoms with Crippen molar-refractivity contribution < 1.29 is 9.53 Å². The van der Waals surface area contributed by atoms with Gasteiger partial charge in [-0.15, -0.1) is 0 Å². The van der Waals surface area contributed by atoms with Crippen LogP contribution in [0.2, 0.25) is 0 Å². The first-order valence-electron chi connectivity index (χ1n) is 12.4. The first-order valence-corrected chi connectivity index (χ1v) is 12.4. The van der Waals surface area contributed by atoms with Gasteiger partial charge in [0.2, 0.25) is 0 Å². The van der Waals surface area contributed by atoms with Crippen molar-refractivity contribution in [2.24, 2.45) is 16.7 Å². The van der Waals surface area contributed by atoms with Gasteiger partial charge in [-0.2, -0.15) is 0 Å². The van der Waals surface area contributed by atoms with Gasteiger partial charge in [-0.1, -0.05) is 71.6 Å². The number of rotatable bonds is 7. The summed E-state index contributed by atoms with van der Waals surface area (Å²) in [6.45, 7) is 4.60. The van der Waals surface area contributed by atoms with E-state index in [2.05, 4.69) is 13.8 Å². The summed E-state index contributed by atoms with van der Waals surface area (Å²) in [6, 6.07) is 0. The maximum atomic E-state index is 13.8. The third-order valence-electron chi connectivity index (χ3n) is 8.42. The van der Waals surface area contributed by atoms with Gasteiger partial charge in [0.25, 0.3) is 0 Å². The van der Waals surface area contributed by atoms with Crippen LogP contribution in [0.1, 0.15) is 129 Å². The second-order valence-corrected chi connectivity index (χ2v) is 10.1. The number of esters is 1. The highest BCUT2D eigenvalue weighted by Gasteiger charge is 2.56. The van der Waals surface area contributed by atoms with Gasteiger partial charge >= 0.3 is 5.97 Å². The lowest BCUT2D eigenvalue weighted by molar-refractivity contribution is -0.181. The van der Waals surface area contributed by atoms with Crippen LogP contribution in [0.3, 0.4) is 0 Å². The molecule has 0 aromatic carbocycles. The van der Waals surface area contributed by atoms with E-state index in [1.165, 1.54) is 89.9 Å². The van der Waals surface area contributed by atoms with E-state index in [-0.39, 0.29) is 22.9 Å². The van der Waals surface area contributed by atoms with E-state index >= 15 is 0 Å². The fourth-order valence-corrected chi connectivity index (χ4v) is 6.99. The molecule has 0 aliphatic heterocycles. The average Bonchev–Trinajstić information content (AvgIpc) is 2.71. The predicted octanol–water partition coefficient (Wildman–Crippen LogP) is 7.59. The molecule has 3 aliphatic carbocycles. The molecule has 27 heavy (non-hydrogen) atoms. The van der Waals surface area contributed by atoms with E-state index in [4.69, 9.17) is 4.74 Å². The lowest BCUT2D eigenvalue weighted by Gasteiger charge is -2.53. The summed E-state index contributed by atoms with van der Waals surface area (Å²) in [5.41, 5.74) is 0.0683. The molecular formula is C25H44O2. The molecule has 0 heterocycles. The standard InChI is InChI=1S/C25H44O2/c1-3-11-21-12-14-22(15-13-21)27-23(26)25(19-9-6-10-20-25)24(16-4-2)17-7-5-8-18-24/h21-22H,3-20H2,1-2H3. The van der Waals surface area contributed by atoms with Gasteiger partial charge < -0.3 is 4.74 Å². The van der Waals surface area contributed by atoms with Crippen molar-refractivity contribution >= 4 is 5.97 Å². The minimum Gasteiger partial charge on any atom is -0.462 e. The lowest BCUT2D eigenvalue weighted by atomic mass is 9.50. The zero-order valence-corrected chi connectivity index (χ0v) is 18.2. The minimum atomic E-state index is -0.165. The van der Waals surface area contributed by atoms with Crippen molar-refractivity contribution in [3.8, 4) is 0 Å². The number of hydrogen-bond acceptors (Lipinski definition) is 2. The molecule has 0 aromatic heterocycles. The molecule has 0 bridgehead atoms. The molecule has 3 rings (SSSR count). The van der Waals surface area contributed by atoms with Crippen molar-refractivity contribution in [2.75, 3.05) is 0 Å². The number of ether oxygens (including phenoxy) is 1. The van der Waals surface area contributed by atoms with Crippen LogP contribution in [0.15, 0.2) is 0 Å². The highest BCUT2D eigenvalue weighted by atomic mass is 16.5. The summed E-state index contributed by atoms with van der Waals surface area (Å²) in [5, 5.41) is 0. The summed E-state index contributed by atoms with van der Waals surface area (Å²) in [4.78, 5) is 13.8. The summed E-state index contributed by atoms with van der Waals surface area (Å²) >= 11 is 0. The monoisotopic (exact) mass is 376 g/mol. The SMILES string of the molecule is CCCC1CCC(OC(=O)C2(C3(CCC)CCCCC3)CCCCC2)CC1. The molecule has 3 saturated carbocycles. The molecule has 156 valence electrons. The van der Waals surface area contributed by atoms with Crippen LogP contribution >= 0.6 is 0 Å². The van der Waals surface area contributed by atoms with Gasteiger partial charge in [-0.3, -0.25) is 4.79 Å². The van der Waals surface area contributed by atoms with Crippen molar-refractivity contribution in [1.82, 2.24) is 0 Å². The number of carbonyl (C=O) groups is 1. The Bertz CT molecular complexity index is 443. The van der Waals surface area contributed by atoms with E-state index in [9.17, 15) is 4.79 Å². The highest BCUT2D eigenvalue weighted by Crippen LogP contribution is 2.60. The zero-order chi connectivity index (χ0) is 19.2. The summed E-state index contributed by atoms with van der Waals surface area (Å²) in [6.07, 6.45) is 22.5. The third-order valence-corrected chi connectivity index (χ3v) is 8.42. The van der Waals surface area contributed by atoms with Gasteiger partial charge in [-0.25, -0.2) is 0 Å². The first-order chi connectivity index (χ1) is 13.2. The molecule has 0 aromatic rings. The van der Waals surface area contributed by atoms with E-state index < -0.39 is 0 Å². The zero-order valence-electron chi connectivity index (χ0n) is 18.2. The molecule has 0 atom stereocenters. The first kappa shape index (κ1) is 21.2. The molecule has 0 radical (unpaired) electrons. The van der Waals surface area contributed by atoms with E-state index in [1.807, 2.05) is 0 Å². The molecule has 0 saturated heterocycles. The molecule has 0 N–H and O–H groups in total. The second-order valence-electron chi connectivity index (χ2n) is 10.1. The Morgan fingerprint density at radius 3 is 1.96 bits per heavy atom. The van der Waals surface area contributed by atoms with Crippen molar-refractivity contribution in [3.63, 3.8) is 0 Å². The maximum Gasteiger partial charge on any atom is 0.312 e. The number of carbonyl (C=O) groups excluding carboxylic acids is 1. The molecule has 0 amide bonds. The smallest absolute Gasteiger partial charge is 0.312 e. The Balaban J connectivity index is 1.72. The van der Waals surface area contributed by atoms with Crippen LogP contribution in [0.25, 0.3) is 0 Å². The van der Waals surface area contributed by atoms with Gasteiger partial charge in [0.1, 0.15) is 6.10 Å². The number of hydrogen-bond donors (Lipinski definition) is 0. The van der Waals surface area contributed by atoms with Crippen molar-refractivity contribution in [2.45, 2.75) is 136 Å². The fourth-order valence-electron chi connectivity index (χ4n) is 6.99. The topological polar surface area (TPSA) is 26.3 Å².